The lowest BCUT2D eigenvalue weighted by Crippen LogP contribution is -2.14. The summed E-state index contributed by atoms with van der Waals surface area (Å²) in [5, 5.41) is 0. The van der Waals surface area contributed by atoms with E-state index in [0.29, 0.717) is 18.2 Å². The Morgan fingerprint density at radius 2 is 1.26 bits per heavy atom. The third-order valence-electron chi connectivity index (χ3n) is 2.62. The second-order valence-corrected chi connectivity index (χ2v) is 3.87. The third kappa shape index (κ3) is 2.52. The van der Waals surface area contributed by atoms with Crippen LogP contribution in [0.5, 0.6) is 0 Å². The van der Waals surface area contributed by atoms with Gasteiger partial charge in [0, 0.05) is 25.2 Å². The van der Waals surface area contributed by atoms with Gasteiger partial charge in [-0.15, -0.1) is 0 Å². The summed E-state index contributed by atoms with van der Waals surface area (Å²) in [7, 11) is 1.26. The SMILES string of the molecule is CN(c1ccc(F)cc1F)c1cc(F)c(F)cc1F. The van der Waals surface area contributed by atoms with Crippen molar-refractivity contribution in [2.24, 2.45) is 0 Å². The van der Waals surface area contributed by atoms with E-state index in [1.165, 1.54) is 7.05 Å². The molecule has 0 aliphatic rings. The first-order chi connectivity index (χ1) is 8.90. The van der Waals surface area contributed by atoms with E-state index in [1.54, 1.807) is 0 Å². The van der Waals surface area contributed by atoms with E-state index in [4.69, 9.17) is 0 Å². The summed E-state index contributed by atoms with van der Waals surface area (Å²) in [5.41, 5.74) is -0.518. The molecule has 100 valence electrons. The molecule has 6 heteroatoms. The molecular weight excluding hydrogens is 265 g/mol. The Kier molecular flexibility index (Phi) is 3.42. The number of halogens is 5. The monoisotopic (exact) mass is 273 g/mol. The van der Waals surface area contributed by atoms with Crippen LogP contribution >= 0.6 is 0 Å². The first kappa shape index (κ1) is 13.3. The first-order valence-corrected chi connectivity index (χ1v) is 5.23. The molecule has 0 aliphatic heterocycles. The van der Waals surface area contributed by atoms with E-state index in [2.05, 4.69) is 0 Å². The average molecular weight is 273 g/mol. The smallest absolute Gasteiger partial charge is 0.161 e. The molecule has 2 aromatic carbocycles. The summed E-state index contributed by atoms with van der Waals surface area (Å²) >= 11 is 0. The van der Waals surface area contributed by atoms with Crippen LogP contribution in [0.25, 0.3) is 0 Å². The second-order valence-electron chi connectivity index (χ2n) is 3.87. The fraction of sp³-hybridized carbons (Fsp3) is 0.0769. The van der Waals surface area contributed by atoms with Crippen molar-refractivity contribution in [3.8, 4) is 0 Å². The van der Waals surface area contributed by atoms with Gasteiger partial charge < -0.3 is 4.90 Å². The molecular formula is C13H8F5N. The van der Waals surface area contributed by atoms with Gasteiger partial charge in [-0.2, -0.15) is 0 Å². The fourth-order valence-electron chi connectivity index (χ4n) is 1.65. The molecule has 2 rings (SSSR count). The minimum atomic E-state index is -1.34. The molecule has 1 nitrogen and oxygen atoms in total. The van der Waals surface area contributed by atoms with Crippen molar-refractivity contribution in [1.29, 1.82) is 0 Å². The van der Waals surface area contributed by atoms with Crippen LogP contribution in [0.2, 0.25) is 0 Å². The number of anilines is 2. The number of hydrogen-bond acceptors (Lipinski definition) is 1. The van der Waals surface area contributed by atoms with Crippen molar-refractivity contribution in [2.75, 3.05) is 11.9 Å². The Labute approximate surface area is 105 Å². The van der Waals surface area contributed by atoms with Gasteiger partial charge in [-0.1, -0.05) is 0 Å². The van der Waals surface area contributed by atoms with Crippen molar-refractivity contribution >= 4 is 11.4 Å². The molecule has 0 amide bonds. The molecule has 0 fully saturated rings. The van der Waals surface area contributed by atoms with Gasteiger partial charge in [-0.3, -0.25) is 0 Å². The Balaban J connectivity index is 2.49. The van der Waals surface area contributed by atoms with Crippen molar-refractivity contribution < 1.29 is 22.0 Å². The Bertz CT molecular complexity index is 627. The van der Waals surface area contributed by atoms with Gasteiger partial charge in [-0.25, -0.2) is 22.0 Å². The van der Waals surface area contributed by atoms with E-state index in [9.17, 15) is 22.0 Å². The summed E-state index contributed by atoms with van der Waals surface area (Å²) in [6, 6.07) is 3.64. The maximum Gasteiger partial charge on any atom is 0.161 e. The lowest BCUT2D eigenvalue weighted by Gasteiger charge is -2.20. The first-order valence-electron chi connectivity index (χ1n) is 5.23. The summed E-state index contributed by atoms with van der Waals surface area (Å²) < 4.78 is 65.7. The molecule has 0 saturated carbocycles. The van der Waals surface area contributed by atoms with Gasteiger partial charge in [0.15, 0.2) is 11.6 Å². The molecule has 0 heterocycles. The van der Waals surface area contributed by atoms with E-state index >= 15 is 0 Å². The van der Waals surface area contributed by atoms with E-state index < -0.39 is 29.1 Å². The van der Waals surface area contributed by atoms with E-state index in [1.807, 2.05) is 0 Å². The van der Waals surface area contributed by atoms with Gasteiger partial charge in [0.2, 0.25) is 0 Å². The van der Waals surface area contributed by atoms with Crippen molar-refractivity contribution in [3.05, 3.63) is 59.4 Å². The third-order valence-corrected chi connectivity index (χ3v) is 2.62. The van der Waals surface area contributed by atoms with Gasteiger partial charge in [0.25, 0.3) is 0 Å². The van der Waals surface area contributed by atoms with Crippen molar-refractivity contribution in [3.63, 3.8) is 0 Å². The molecule has 0 bridgehead atoms. The van der Waals surface area contributed by atoms with Crippen molar-refractivity contribution in [1.82, 2.24) is 0 Å². The molecule has 0 aromatic heterocycles. The van der Waals surface area contributed by atoms with Gasteiger partial charge >= 0.3 is 0 Å². The minimum absolute atomic E-state index is 0.161. The Morgan fingerprint density at radius 1 is 0.684 bits per heavy atom. The fourth-order valence-corrected chi connectivity index (χ4v) is 1.65. The zero-order chi connectivity index (χ0) is 14.2. The van der Waals surface area contributed by atoms with E-state index in [-0.39, 0.29) is 11.4 Å². The Hall–Kier alpha value is -2.11. The van der Waals surface area contributed by atoms with Crippen LogP contribution in [0.3, 0.4) is 0 Å². The summed E-state index contributed by atoms with van der Waals surface area (Å²) in [6.07, 6.45) is 0. The number of hydrogen-bond donors (Lipinski definition) is 0. The average Bonchev–Trinajstić information content (AvgIpc) is 2.33. The van der Waals surface area contributed by atoms with Crippen LogP contribution < -0.4 is 4.90 Å². The molecule has 0 unspecified atom stereocenters. The molecule has 0 spiro atoms. The summed E-state index contributed by atoms with van der Waals surface area (Å²) in [4.78, 5) is 0.965. The number of benzene rings is 2. The van der Waals surface area contributed by atoms with Gasteiger partial charge in [-0.05, 0) is 12.1 Å². The predicted molar refractivity (Wildman–Crippen MR) is 60.7 cm³/mol. The number of rotatable bonds is 2. The normalized spacial score (nSPS) is 10.6. The molecule has 0 atom stereocenters. The Morgan fingerprint density at radius 3 is 1.89 bits per heavy atom. The minimum Gasteiger partial charge on any atom is -0.340 e. The zero-order valence-corrected chi connectivity index (χ0v) is 9.72. The molecule has 2 aromatic rings. The lowest BCUT2D eigenvalue weighted by molar-refractivity contribution is 0.495. The van der Waals surface area contributed by atoms with Crippen LogP contribution in [0.1, 0.15) is 0 Å². The zero-order valence-electron chi connectivity index (χ0n) is 9.72. The molecule has 19 heavy (non-hydrogen) atoms. The van der Waals surface area contributed by atoms with Crippen LogP contribution in [-0.4, -0.2) is 7.05 Å². The molecule has 0 aliphatic carbocycles. The highest BCUT2D eigenvalue weighted by Crippen LogP contribution is 2.30. The maximum atomic E-state index is 13.5. The lowest BCUT2D eigenvalue weighted by atomic mass is 10.2. The highest BCUT2D eigenvalue weighted by Gasteiger charge is 2.17. The quantitative estimate of drug-likeness (QED) is 0.587. The van der Waals surface area contributed by atoms with Crippen LogP contribution in [0.4, 0.5) is 33.3 Å². The van der Waals surface area contributed by atoms with Crippen molar-refractivity contribution in [2.45, 2.75) is 0 Å². The molecule has 0 N–H and O–H groups in total. The highest BCUT2D eigenvalue weighted by molar-refractivity contribution is 5.63. The highest BCUT2D eigenvalue weighted by atomic mass is 19.2. The maximum absolute atomic E-state index is 13.5. The summed E-state index contributed by atoms with van der Waals surface area (Å²) in [5.74, 6) is -5.38. The van der Waals surface area contributed by atoms with E-state index in [0.717, 1.165) is 17.0 Å². The molecule has 0 saturated heterocycles. The van der Waals surface area contributed by atoms with Gasteiger partial charge in [0.1, 0.15) is 17.5 Å². The van der Waals surface area contributed by atoms with Crippen LogP contribution in [-0.2, 0) is 0 Å². The topological polar surface area (TPSA) is 3.24 Å². The molecule has 0 radical (unpaired) electrons. The standard InChI is InChI=1S/C13H8F5N/c1-19(12-3-2-7(14)4-10(12)17)13-6-9(16)8(15)5-11(13)18/h2-6H,1H3. The van der Waals surface area contributed by atoms with Crippen LogP contribution in [0, 0.1) is 29.1 Å². The second kappa shape index (κ2) is 4.87. The van der Waals surface area contributed by atoms with Crippen LogP contribution in [0.15, 0.2) is 30.3 Å². The number of nitrogens with zero attached hydrogens (tertiary/aromatic N) is 1. The largest absolute Gasteiger partial charge is 0.340 e. The predicted octanol–water partition coefficient (Wildman–Crippen LogP) is 4.15. The summed E-state index contributed by atoms with van der Waals surface area (Å²) in [6.45, 7) is 0. The van der Waals surface area contributed by atoms with Gasteiger partial charge in [0.05, 0.1) is 11.4 Å².